The molecular formula is C18H14ClFO4. The second kappa shape index (κ2) is 7.36. The number of ether oxygens (including phenoxy) is 3. The molecule has 0 spiro atoms. The summed E-state index contributed by atoms with van der Waals surface area (Å²) >= 11 is 6.12. The summed E-state index contributed by atoms with van der Waals surface area (Å²) in [7, 11) is 0. The molecule has 0 atom stereocenters. The molecule has 0 amide bonds. The van der Waals surface area contributed by atoms with Gasteiger partial charge in [0.05, 0.1) is 5.02 Å². The number of hydrogen-bond donors (Lipinski definition) is 0. The summed E-state index contributed by atoms with van der Waals surface area (Å²) in [6.45, 7) is 0.942. The van der Waals surface area contributed by atoms with E-state index in [0.29, 0.717) is 40.9 Å². The zero-order chi connectivity index (χ0) is 16.9. The number of halogens is 2. The Labute approximate surface area is 143 Å². The predicted molar refractivity (Wildman–Crippen MR) is 87.7 cm³/mol. The van der Waals surface area contributed by atoms with Crippen LogP contribution in [0, 0.1) is 5.82 Å². The number of carbonyl (C=O) groups is 1. The third-order valence-electron chi connectivity index (χ3n) is 3.30. The molecule has 24 heavy (non-hydrogen) atoms. The molecule has 0 fully saturated rings. The van der Waals surface area contributed by atoms with Crippen molar-refractivity contribution in [2.75, 3.05) is 13.2 Å². The van der Waals surface area contributed by atoms with Crippen LogP contribution in [-0.4, -0.2) is 19.2 Å². The Hall–Kier alpha value is -2.53. The number of hydrogen-bond acceptors (Lipinski definition) is 4. The second-order valence-corrected chi connectivity index (χ2v) is 5.51. The monoisotopic (exact) mass is 348 g/mol. The van der Waals surface area contributed by atoms with Crippen LogP contribution in [0.2, 0.25) is 5.02 Å². The first kappa shape index (κ1) is 16.3. The maximum Gasteiger partial charge on any atom is 0.331 e. The molecule has 1 aliphatic rings. The maximum absolute atomic E-state index is 13.1. The fourth-order valence-electron chi connectivity index (χ4n) is 2.22. The molecule has 0 N–H and O–H groups in total. The fourth-order valence-corrected chi connectivity index (χ4v) is 2.51. The van der Waals surface area contributed by atoms with Crippen LogP contribution in [0.25, 0.3) is 6.08 Å². The lowest BCUT2D eigenvalue weighted by Gasteiger charge is -2.20. The molecule has 0 bridgehead atoms. The van der Waals surface area contributed by atoms with E-state index in [1.54, 1.807) is 24.3 Å². The van der Waals surface area contributed by atoms with Gasteiger partial charge in [0.25, 0.3) is 0 Å². The number of fused-ring (bicyclic) bond motifs is 1. The lowest BCUT2D eigenvalue weighted by molar-refractivity contribution is -0.138. The van der Waals surface area contributed by atoms with E-state index in [0.717, 1.165) is 0 Å². The fraction of sp³-hybridized carbons (Fsp3) is 0.167. The third-order valence-corrected chi connectivity index (χ3v) is 3.58. The molecule has 0 saturated heterocycles. The van der Waals surface area contributed by atoms with E-state index in [2.05, 4.69) is 0 Å². The van der Waals surface area contributed by atoms with Crippen LogP contribution < -0.4 is 9.47 Å². The van der Waals surface area contributed by atoms with Gasteiger partial charge in [-0.2, -0.15) is 0 Å². The van der Waals surface area contributed by atoms with Crippen LogP contribution in [-0.2, 0) is 16.1 Å². The first-order valence-electron chi connectivity index (χ1n) is 7.30. The van der Waals surface area contributed by atoms with E-state index >= 15 is 0 Å². The Morgan fingerprint density at radius 3 is 2.92 bits per heavy atom. The molecule has 1 heterocycles. The van der Waals surface area contributed by atoms with Crippen molar-refractivity contribution in [2.45, 2.75) is 6.61 Å². The van der Waals surface area contributed by atoms with Crippen molar-refractivity contribution in [1.82, 2.24) is 0 Å². The van der Waals surface area contributed by atoms with Crippen LogP contribution in [0.5, 0.6) is 11.5 Å². The number of rotatable bonds is 4. The Balaban J connectivity index is 1.61. The van der Waals surface area contributed by atoms with Gasteiger partial charge in [-0.25, -0.2) is 9.18 Å². The average Bonchev–Trinajstić information content (AvgIpc) is 2.58. The van der Waals surface area contributed by atoms with Gasteiger partial charge >= 0.3 is 5.97 Å². The van der Waals surface area contributed by atoms with E-state index < -0.39 is 5.97 Å². The molecule has 6 heteroatoms. The number of carbonyl (C=O) groups excluding carboxylic acids is 1. The summed E-state index contributed by atoms with van der Waals surface area (Å²) in [6, 6.07) is 9.30. The molecular weight excluding hydrogens is 335 g/mol. The third kappa shape index (κ3) is 4.06. The van der Waals surface area contributed by atoms with Crippen LogP contribution >= 0.6 is 11.6 Å². The minimum Gasteiger partial charge on any atom is -0.486 e. The van der Waals surface area contributed by atoms with E-state index in [1.807, 2.05) is 0 Å². The Morgan fingerprint density at radius 1 is 1.25 bits per heavy atom. The zero-order valence-electron chi connectivity index (χ0n) is 12.6. The quantitative estimate of drug-likeness (QED) is 0.618. The first-order chi connectivity index (χ1) is 11.6. The molecule has 0 saturated carbocycles. The number of esters is 1. The van der Waals surface area contributed by atoms with Gasteiger partial charge in [-0.15, -0.1) is 0 Å². The molecule has 0 aliphatic carbocycles. The Bertz CT molecular complexity index is 789. The van der Waals surface area contributed by atoms with Crippen LogP contribution in [0.3, 0.4) is 0 Å². The summed E-state index contributed by atoms with van der Waals surface area (Å²) in [4.78, 5) is 11.8. The number of benzene rings is 2. The molecule has 3 rings (SSSR count). The maximum atomic E-state index is 13.1. The molecule has 2 aromatic carbocycles. The van der Waals surface area contributed by atoms with Gasteiger partial charge in [0.1, 0.15) is 25.6 Å². The highest BCUT2D eigenvalue weighted by molar-refractivity contribution is 6.32. The Morgan fingerprint density at radius 2 is 2.08 bits per heavy atom. The average molecular weight is 349 g/mol. The molecule has 4 nitrogen and oxygen atoms in total. The molecule has 1 aliphatic heterocycles. The van der Waals surface area contributed by atoms with Crippen LogP contribution in [0.15, 0.2) is 42.5 Å². The smallest absolute Gasteiger partial charge is 0.331 e. The minimum absolute atomic E-state index is 0.0443. The largest absolute Gasteiger partial charge is 0.486 e. The van der Waals surface area contributed by atoms with Gasteiger partial charge in [0.15, 0.2) is 11.5 Å². The normalized spacial score (nSPS) is 13.1. The van der Waals surface area contributed by atoms with E-state index in [4.69, 9.17) is 25.8 Å². The minimum atomic E-state index is -0.537. The zero-order valence-corrected chi connectivity index (χ0v) is 13.4. The SMILES string of the molecule is O=C(/C=C/c1cccc(F)c1)OCc1cc(Cl)c2c(c1)OCCO2. The van der Waals surface area contributed by atoms with Gasteiger partial charge in [-0.1, -0.05) is 23.7 Å². The van der Waals surface area contributed by atoms with E-state index in [1.165, 1.54) is 24.3 Å². The second-order valence-electron chi connectivity index (χ2n) is 5.10. The van der Waals surface area contributed by atoms with Crippen LogP contribution in [0.4, 0.5) is 4.39 Å². The highest BCUT2D eigenvalue weighted by Crippen LogP contribution is 2.38. The summed E-state index contributed by atoms with van der Waals surface area (Å²) < 4.78 is 29.1. The lowest BCUT2D eigenvalue weighted by atomic mass is 10.2. The van der Waals surface area contributed by atoms with Crippen LogP contribution in [0.1, 0.15) is 11.1 Å². The van der Waals surface area contributed by atoms with Crippen molar-refractivity contribution in [1.29, 1.82) is 0 Å². The van der Waals surface area contributed by atoms with Crippen molar-refractivity contribution >= 4 is 23.6 Å². The lowest BCUT2D eigenvalue weighted by Crippen LogP contribution is -2.16. The van der Waals surface area contributed by atoms with E-state index in [-0.39, 0.29) is 12.4 Å². The van der Waals surface area contributed by atoms with Gasteiger partial charge in [0, 0.05) is 6.08 Å². The molecule has 0 aromatic heterocycles. The Kier molecular flexibility index (Phi) is 5.01. The van der Waals surface area contributed by atoms with Crippen molar-refractivity contribution in [3.8, 4) is 11.5 Å². The predicted octanol–water partition coefficient (Wildman–Crippen LogP) is 4.01. The molecule has 0 unspecified atom stereocenters. The molecule has 2 aromatic rings. The van der Waals surface area contributed by atoms with Gasteiger partial charge in [0.2, 0.25) is 0 Å². The van der Waals surface area contributed by atoms with Crippen molar-refractivity contribution in [3.63, 3.8) is 0 Å². The highest BCUT2D eigenvalue weighted by Gasteiger charge is 2.17. The van der Waals surface area contributed by atoms with Crippen molar-refractivity contribution in [2.24, 2.45) is 0 Å². The van der Waals surface area contributed by atoms with Crippen molar-refractivity contribution < 1.29 is 23.4 Å². The topological polar surface area (TPSA) is 44.8 Å². The molecule has 124 valence electrons. The van der Waals surface area contributed by atoms with Gasteiger partial charge < -0.3 is 14.2 Å². The first-order valence-corrected chi connectivity index (χ1v) is 7.68. The van der Waals surface area contributed by atoms with Gasteiger partial charge in [-0.05, 0) is 41.5 Å². The van der Waals surface area contributed by atoms with E-state index in [9.17, 15) is 9.18 Å². The molecule has 0 radical (unpaired) electrons. The van der Waals surface area contributed by atoms with Crippen molar-refractivity contribution in [3.05, 3.63) is 64.4 Å². The summed E-state index contributed by atoms with van der Waals surface area (Å²) in [5.41, 5.74) is 1.27. The standard InChI is InChI=1S/C18H14ClFO4/c19-15-9-13(10-16-18(15)23-7-6-22-16)11-24-17(21)5-4-12-2-1-3-14(20)8-12/h1-5,8-10H,6-7,11H2/b5-4+. The van der Waals surface area contributed by atoms with Gasteiger partial charge in [-0.3, -0.25) is 0 Å². The summed E-state index contributed by atoms with van der Waals surface area (Å²) in [6.07, 6.45) is 2.73. The summed E-state index contributed by atoms with van der Waals surface area (Å²) in [5, 5.41) is 0.411. The highest BCUT2D eigenvalue weighted by atomic mass is 35.5. The summed E-state index contributed by atoms with van der Waals surface area (Å²) in [5.74, 6) is 0.140.